The Morgan fingerprint density at radius 2 is 1.67 bits per heavy atom. The molecule has 1 heterocycles. The van der Waals surface area contributed by atoms with Crippen LogP contribution in [-0.2, 0) is 9.84 Å². The van der Waals surface area contributed by atoms with Gasteiger partial charge in [-0.15, -0.1) is 0 Å². The average molecular weight is 310 g/mol. The summed E-state index contributed by atoms with van der Waals surface area (Å²) in [6.07, 6.45) is 3.52. The quantitative estimate of drug-likeness (QED) is 0.926. The highest BCUT2D eigenvalue weighted by molar-refractivity contribution is 7.90. The molecule has 5 heteroatoms. The molecule has 0 bridgehead atoms. The molecular formula is C16H26N2O2S. The monoisotopic (exact) mass is 310 g/mol. The standard InChI is InChI=1S/C16H26N2O2S/c1-12(17)14-8-10-18(11-9-14)13(2)15-4-6-16(7-5-15)21(3,19)20/h4-7,12-14H,8-11,17H2,1-3H3. The average Bonchev–Trinajstić information content (AvgIpc) is 2.46. The zero-order valence-corrected chi connectivity index (χ0v) is 13.9. The molecular weight excluding hydrogens is 284 g/mol. The molecule has 1 aromatic carbocycles. The first-order valence-electron chi connectivity index (χ1n) is 7.58. The van der Waals surface area contributed by atoms with Crippen LogP contribution in [0.25, 0.3) is 0 Å². The van der Waals surface area contributed by atoms with E-state index in [-0.39, 0.29) is 6.04 Å². The highest BCUT2D eigenvalue weighted by Gasteiger charge is 2.25. The zero-order valence-electron chi connectivity index (χ0n) is 13.1. The van der Waals surface area contributed by atoms with Crippen molar-refractivity contribution in [1.82, 2.24) is 4.90 Å². The molecule has 0 saturated carbocycles. The Morgan fingerprint density at radius 1 is 1.14 bits per heavy atom. The lowest BCUT2D eigenvalue weighted by Gasteiger charge is -2.37. The fourth-order valence-corrected chi connectivity index (χ4v) is 3.67. The lowest BCUT2D eigenvalue weighted by molar-refractivity contribution is 0.132. The number of rotatable bonds is 4. The second-order valence-electron chi connectivity index (χ2n) is 6.25. The van der Waals surface area contributed by atoms with Crippen LogP contribution in [0.1, 0.15) is 38.3 Å². The van der Waals surface area contributed by atoms with Crippen LogP contribution in [-0.4, -0.2) is 38.7 Å². The lowest BCUT2D eigenvalue weighted by atomic mass is 9.90. The minimum atomic E-state index is -3.11. The Balaban J connectivity index is 2.02. The first-order chi connectivity index (χ1) is 9.79. The molecule has 2 unspecified atom stereocenters. The van der Waals surface area contributed by atoms with Crippen molar-refractivity contribution in [2.24, 2.45) is 11.7 Å². The molecule has 2 rings (SSSR count). The molecule has 0 aliphatic carbocycles. The second-order valence-corrected chi connectivity index (χ2v) is 8.27. The highest BCUT2D eigenvalue weighted by Crippen LogP contribution is 2.28. The number of likely N-dealkylation sites (tertiary alicyclic amines) is 1. The van der Waals surface area contributed by atoms with Crippen molar-refractivity contribution in [1.29, 1.82) is 0 Å². The summed E-state index contributed by atoms with van der Waals surface area (Å²) in [6, 6.07) is 7.85. The Kier molecular flexibility index (Phi) is 5.07. The Hall–Kier alpha value is -0.910. The summed E-state index contributed by atoms with van der Waals surface area (Å²) < 4.78 is 23.0. The molecule has 0 radical (unpaired) electrons. The van der Waals surface area contributed by atoms with Gasteiger partial charge in [-0.25, -0.2) is 8.42 Å². The van der Waals surface area contributed by atoms with Crippen molar-refractivity contribution >= 4 is 9.84 Å². The summed E-state index contributed by atoms with van der Waals surface area (Å²) in [6.45, 7) is 6.39. The molecule has 1 saturated heterocycles. The van der Waals surface area contributed by atoms with E-state index in [1.807, 2.05) is 12.1 Å². The van der Waals surface area contributed by atoms with Gasteiger partial charge in [-0.2, -0.15) is 0 Å². The fourth-order valence-electron chi connectivity index (χ4n) is 3.04. The van der Waals surface area contributed by atoms with Crippen LogP contribution < -0.4 is 5.73 Å². The van der Waals surface area contributed by atoms with E-state index in [9.17, 15) is 8.42 Å². The van der Waals surface area contributed by atoms with Gasteiger partial charge in [-0.05, 0) is 63.4 Å². The summed E-state index contributed by atoms with van der Waals surface area (Å²) in [7, 11) is -3.11. The van der Waals surface area contributed by atoms with Crippen LogP contribution in [0.4, 0.5) is 0 Å². The Morgan fingerprint density at radius 3 is 2.10 bits per heavy atom. The summed E-state index contributed by atoms with van der Waals surface area (Å²) in [5.74, 6) is 0.626. The SMILES string of the molecule is CC(N)C1CCN(C(C)c2ccc(S(C)(=O)=O)cc2)CC1. The van der Waals surface area contributed by atoms with Crippen molar-refractivity contribution in [2.45, 2.75) is 43.7 Å². The summed E-state index contributed by atoms with van der Waals surface area (Å²) >= 11 is 0. The smallest absolute Gasteiger partial charge is 0.175 e. The van der Waals surface area contributed by atoms with E-state index in [1.165, 1.54) is 11.8 Å². The molecule has 1 fully saturated rings. The third-order valence-electron chi connectivity index (χ3n) is 4.66. The molecule has 0 aromatic heterocycles. The lowest BCUT2D eigenvalue weighted by Crippen LogP contribution is -2.40. The molecule has 0 amide bonds. The first-order valence-corrected chi connectivity index (χ1v) is 9.48. The molecule has 0 spiro atoms. The predicted molar refractivity (Wildman–Crippen MR) is 85.9 cm³/mol. The number of nitrogens with zero attached hydrogens (tertiary/aromatic N) is 1. The fraction of sp³-hybridized carbons (Fsp3) is 0.625. The molecule has 21 heavy (non-hydrogen) atoms. The third kappa shape index (κ3) is 4.05. The first kappa shape index (κ1) is 16.5. The Labute approximate surface area is 128 Å². The van der Waals surface area contributed by atoms with Gasteiger partial charge in [0.2, 0.25) is 0 Å². The van der Waals surface area contributed by atoms with Crippen molar-refractivity contribution < 1.29 is 8.42 Å². The maximum atomic E-state index is 11.5. The van der Waals surface area contributed by atoms with Crippen molar-refractivity contribution in [3.63, 3.8) is 0 Å². The van der Waals surface area contributed by atoms with Crippen LogP contribution in [0.15, 0.2) is 29.2 Å². The van der Waals surface area contributed by atoms with E-state index in [4.69, 9.17) is 5.73 Å². The van der Waals surface area contributed by atoms with Gasteiger partial charge >= 0.3 is 0 Å². The molecule has 118 valence electrons. The van der Waals surface area contributed by atoms with Crippen LogP contribution in [0.2, 0.25) is 0 Å². The molecule has 4 nitrogen and oxygen atoms in total. The van der Waals surface area contributed by atoms with Crippen molar-refractivity contribution in [3.8, 4) is 0 Å². The van der Waals surface area contributed by atoms with E-state index < -0.39 is 9.84 Å². The van der Waals surface area contributed by atoms with E-state index >= 15 is 0 Å². The normalized spacial score (nSPS) is 21.1. The Bertz CT molecular complexity index is 558. The molecule has 1 aliphatic heterocycles. The van der Waals surface area contributed by atoms with Gasteiger partial charge in [0, 0.05) is 18.3 Å². The van der Waals surface area contributed by atoms with Crippen LogP contribution in [0.3, 0.4) is 0 Å². The summed E-state index contributed by atoms with van der Waals surface area (Å²) in [5, 5.41) is 0. The highest BCUT2D eigenvalue weighted by atomic mass is 32.2. The number of nitrogens with two attached hydrogens (primary N) is 1. The molecule has 1 aromatic rings. The minimum absolute atomic E-state index is 0.275. The number of benzene rings is 1. The largest absolute Gasteiger partial charge is 0.328 e. The number of sulfone groups is 1. The van der Waals surface area contributed by atoms with Gasteiger partial charge in [-0.3, -0.25) is 4.90 Å². The maximum Gasteiger partial charge on any atom is 0.175 e. The molecule has 1 aliphatic rings. The van der Waals surface area contributed by atoms with Crippen molar-refractivity contribution in [2.75, 3.05) is 19.3 Å². The van der Waals surface area contributed by atoms with Crippen LogP contribution in [0.5, 0.6) is 0 Å². The van der Waals surface area contributed by atoms with E-state index in [0.29, 0.717) is 16.9 Å². The predicted octanol–water partition coefficient (Wildman–Crippen LogP) is 2.21. The molecule has 2 N–H and O–H groups in total. The van der Waals surface area contributed by atoms with Crippen LogP contribution >= 0.6 is 0 Å². The number of hydrogen-bond donors (Lipinski definition) is 1. The van der Waals surface area contributed by atoms with Gasteiger partial charge in [0.15, 0.2) is 9.84 Å². The number of piperidine rings is 1. The van der Waals surface area contributed by atoms with E-state index in [0.717, 1.165) is 25.9 Å². The zero-order chi connectivity index (χ0) is 15.6. The van der Waals surface area contributed by atoms with Gasteiger partial charge in [-0.1, -0.05) is 12.1 Å². The molecule has 2 atom stereocenters. The van der Waals surface area contributed by atoms with Gasteiger partial charge in [0.05, 0.1) is 4.90 Å². The summed E-state index contributed by atoms with van der Waals surface area (Å²) in [4.78, 5) is 2.84. The summed E-state index contributed by atoms with van der Waals surface area (Å²) in [5.41, 5.74) is 7.15. The van der Waals surface area contributed by atoms with Gasteiger partial charge in [0.25, 0.3) is 0 Å². The van der Waals surface area contributed by atoms with Crippen LogP contribution in [0, 0.1) is 5.92 Å². The van der Waals surface area contributed by atoms with Gasteiger partial charge in [0.1, 0.15) is 0 Å². The van der Waals surface area contributed by atoms with E-state index in [1.54, 1.807) is 12.1 Å². The second kappa shape index (κ2) is 6.46. The third-order valence-corrected chi connectivity index (χ3v) is 5.78. The maximum absolute atomic E-state index is 11.5. The minimum Gasteiger partial charge on any atom is -0.328 e. The van der Waals surface area contributed by atoms with E-state index in [2.05, 4.69) is 18.7 Å². The van der Waals surface area contributed by atoms with Crippen molar-refractivity contribution in [3.05, 3.63) is 29.8 Å². The van der Waals surface area contributed by atoms with Gasteiger partial charge < -0.3 is 5.73 Å². The number of hydrogen-bond acceptors (Lipinski definition) is 4. The topological polar surface area (TPSA) is 63.4 Å².